The zero-order valence-electron chi connectivity index (χ0n) is 9.76. The minimum Gasteiger partial charge on any atom is -0.478 e. The molecule has 0 amide bonds. The summed E-state index contributed by atoms with van der Waals surface area (Å²) in [5.74, 6) is -0.804. The number of carbonyl (C=O) groups is 1. The van der Waals surface area contributed by atoms with Crippen molar-refractivity contribution in [3.05, 3.63) is 41.7 Å². The average molecular weight is 240 g/mol. The Morgan fingerprint density at radius 2 is 1.89 bits per heavy atom. The zero-order valence-corrected chi connectivity index (χ0v) is 9.76. The second-order valence-corrected chi connectivity index (χ2v) is 4.38. The van der Waals surface area contributed by atoms with Crippen molar-refractivity contribution in [2.45, 2.75) is 19.3 Å². The Bertz CT molecular complexity index is 662. The van der Waals surface area contributed by atoms with Crippen LogP contribution in [0.1, 0.15) is 24.8 Å². The van der Waals surface area contributed by atoms with Gasteiger partial charge in [0.25, 0.3) is 0 Å². The van der Waals surface area contributed by atoms with Crippen LogP contribution in [0, 0.1) is 0 Å². The van der Waals surface area contributed by atoms with Gasteiger partial charge in [0.05, 0.1) is 11.0 Å². The first kappa shape index (κ1) is 10.9. The fraction of sp³-hybridized carbons (Fsp3) is 0.214. The molecule has 1 aliphatic rings. The van der Waals surface area contributed by atoms with E-state index in [0.29, 0.717) is 12.0 Å². The van der Waals surface area contributed by atoms with E-state index >= 15 is 0 Å². The monoisotopic (exact) mass is 240 g/mol. The number of carboxylic acids is 1. The highest BCUT2D eigenvalue weighted by molar-refractivity contribution is 5.98. The van der Waals surface area contributed by atoms with Crippen LogP contribution in [-0.4, -0.2) is 21.0 Å². The number of fused-ring (bicyclic) bond motifs is 1. The highest BCUT2D eigenvalue weighted by Crippen LogP contribution is 2.34. The quantitative estimate of drug-likeness (QED) is 0.876. The number of rotatable bonds is 2. The topological polar surface area (TPSA) is 63.1 Å². The number of hydrogen-bond donors (Lipinski definition) is 1. The average Bonchev–Trinajstić information content (AvgIpc) is 2.87. The predicted molar refractivity (Wildman–Crippen MR) is 67.9 cm³/mol. The van der Waals surface area contributed by atoms with Gasteiger partial charge < -0.3 is 5.11 Å². The van der Waals surface area contributed by atoms with Crippen LogP contribution in [0.15, 0.2) is 36.2 Å². The molecule has 18 heavy (non-hydrogen) atoms. The van der Waals surface area contributed by atoms with Crippen LogP contribution in [0.4, 0.5) is 0 Å². The summed E-state index contributed by atoms with van der Waals surface area (Å²) >= 11 is 0. The van der Waals surface area contributed by atoms with Crippen molar-refractivity contribution >= 4 is 22.6 Å². The Hall–Kier alpha value is -2.23. The Balaban J connectivity index is 2.14. The molecule has 0 saturated carbocycles. The second kappa shape index (κ2) is 4.22. The molecule has 1 aliphatic carbocycles. The molecular formula is C14H12N2O2. The number of allylic oxidation sites excluding steroid dienone is 1. The fourth-order valence-corrected chi connectivity index (χ4v) is 2.45. The van der Waals surface area contributed by atoms with Gasteiger partial charge in [-0.2, -0.15) is 0 Å². The Labute approximate surface area is 104 Å². The number of aliphatic carboxylic acids is 1. The lowest BCUT2D eigenvalue weighted by atomic mass is 10.0. The van der Waals surface area contributed by atoms with Gasteiger partial charge in [-0.3, -0.25) is 9.97 Å². The van der Waals surface area contributed by atoms with Crippen molar-refractivity contribution in [2.24, 2.45) is 0 Å². The van der Waals surface area contributed by atoms with Crippen LogP contribution in [0.2, 0.25) is 0 Å². The van der Waals surface area contributed by atoms with Gasteiger partial charge in [0.15, 0.2) is 0 Å². The number of aromatic nitrogens is 2. The SMILES string of the molecule is O=C(O)C1=C(c2ccc3nccnc3c2)CCC1. The van der Waals surface area contributed by atoms with Gasteiger partial charge in [-0.05, 0) is 42.5 Å². The van der Waals surface area contributed by atoms with Gasteiger partial charge in [-0.1, -0.05) is 6.07 Å². The maximum atomic E-state index is 11.2. The summed E-state index contributed by atoms with van der Waals surface area (Å²) in [7, 11) is 0. The van der Waals surface area contributed by atoms with E-state index in [2.05, 4.69) is 9.97 Å². The molecule has 0 radical (unpaired) electrons. The molecule has 1 aromatic heterocycles. The molecule has 4 heteroatoms. The van der Waals surface area contributed by atoms with Gasteiger partial charge in [0.1, 0.15) is 0 Å². The molecule has 4 nitrogen and oxygen atoms in total. The summed E-state index contributed by atoms with van der Waals surface area (Å²) in [6, 6.07) is 5.75. The van der Waals surface area contributed by atoms with Crippen LogP contribution < -0.4 is 0 Å². The van der Waals surface area contributed by atoms with Gasteiger partial charge >= 0.3 is 5.97 Å². The second-order valence-electron chi connectivity index (χ2n) is 4.38. The van der Waals surface area contributed by atoms with E-state index < -0.39 is 5.97 Å². The van der Waals surface area contributed by atoms with E-state index in [9.17, 15) is 9.90 Å². The van der Waals surface area contributed by atoms with Gasteiger partial charge in [0.2, 0.25) is 0 Å². The number of benzene rings is 1. The molecule has 0 unspecified atom stereocenters. The maximum Gasteiger partial charge on any atom is 0.331 e. The van der Waals surface area contributed by atoms with Crippen LogP contribution in [0.25, 0.3) is 16.6 Å². The minimum atomic E-state index is -0.804. The third-order valence-electron chi connectivity index (χ3n) is 3.29. The normalized spacial score (nSPS) is 15.3. The number of nitrogens with zero attached hydrogens (tertiary/aromatic N) is 2. The smallest absolute Gasteiger partial charge is 0.331 e. The summed E-state index contributed by atoms with van der Waals surface area (Å²) in [5, 5.41) is 9.17. The largest absolute Gasteiger partial charge is 0.478 e. The molecule has 1 heterocycles. The van der Waals surface area contributed by atoms with Crippen molar-refractivity contribution in [3.63, 3.8) is 0 Å². The van der Waals surface area contributed by atoms with Gasteiger partial charge in [-0.25, -0.2) is 4.79 Å². The molecule has 3 rings (SSSR count). The summed E-state index contributed by atoms with van der Waals surface area (Å²) < 4.78 is 0. The van der Waals surface area contributed by atoms with Gasteiger partial charge in [-0.15, -0.1) is 0 Å². The number of carboxylic acid groups (broad SMARTS) is 1. The van der Waals surface area contributed by atoms with E-state index in [-0.39, 0.29) is 0 Å². The lowest BCUT2D eigenvalue weighted by molar-refractivity contribution is -0.132. The lowest BCUT2D eigenvalue weighted by Gasteiger charge is -2.05. The van der Waals surface area contributed by atoms with Crippen LogP contribution >= 0.6 is 0 Å². The van der Waals surface area contributed by atoms with Crippen molar-refractivity contribution in [3.8, 4) is 0 Å². The third kappa shape index (κ3) is 1.76. The summed E-state index contributed by atoms with van der Waals surface area (Å²) in [5.41, 5.74) is 4.07. The van der Waals surface area contributed by atoms with E-state index in [0.717, 1.165) is 35.0 Å². The molecule has 90 valence electrons. The summed E-state index contributed by atoms with van der Waals surface area (Å²) in [4.78, 5) is 19.6. The van der Waals surface area contributed by atoms with E-state index in [1.165, 1.54) is 0 Å². The molecule has 2 aromatic rings. The lowest BCUT2D eigenvalue weighted by Crippen LogP contribution is -1.99. The molecule has 0 atom stereocenters. The zero-order chi connectivity index (χ0) is 12.5. The first-order chi connectivity index (χ1) is 8.75. The molecular weight excluding hydrogens is 228 g/mol. The van der Waals surface area contributed by atoms with Crippen LogP contribution in [0.3, 0.4) is 0 Å². The third-order valence-corrected chi connectivity index (χ3v) is 3.29. The highest BCUT2D eigenvalue weighted by atomic mass is 16.4. The van der Waals surface area contributed by atoms with Crippen molar-refractivity contribution in [1.82, 2.24) is 9.97 Å². The minimum absolute atomic E-state index is 0.540. The maximum absolute atomic E-state index is 11.2. The Morgan fingerprint density at radius 1 is 1.11 bits per heavy atom. The highest BCUT2D eigenvalue weighted by Gasteiger charge is 2.21. The first-order valence-electron chi connectivity index (χ1n) is 5.92. The molecule has 0 spiro atoms. The molecule has 1 aromatic carbocycles. The Morgan fingerprint density at radius 3 is 2.67 bits per heavy atom. The molecule has 0 fully saturated rings. The molecule has 0 bridgehead atoms. The van der Waals surface area contributed by atoms with E-state index in [1.54, 1.807) is 12.4 Å². The summed E-state index contributed by atoms with van der Waals surface area (Å²) in [6.07, 6.45) is 5.69. The molecule has 0 aliphatic heterocycles. The van der Waals surface area contributed by atoms with Crippen LogP contribution in [0.5, 0.6) is 0 Å². The van der Waals surface area contributed by atoms with Crippen molar-refractivity contribution in [2.75, 3.05) is 0 Å². The standard InChI is InChI=1S/C14H12N2O2/c17-14(18)11-3-1-2-10(11)9-4-5-12-13(8-9)16-7-6-15-12/h4-8H,1-3H2,(H,17,18). The first-order valence-corrected chi connectivity index (χ1v) is 5.92. The van der Waals surface area contributed by atoms with E-state index in [4.69, 9.17) is 0 Å². The van der Waals surface area contributed by atoms with Crippen molar-refractivity contribution < 1.29 is 9.90 Å². The van der Waals surface area contributed by atoms with Gasteiger partial charge in [0, 0.05) is 18.0 Å². The van der Waals surface area contributed by atoms with Crippen LogP contribution in [-0.2, 0) is 4.79 Å². The molecule has 0 saturated heterocycles. The molecule has 1 N–H and O–H groups in total. The fourth-order valence-electron chi connectivity index (χ4n) is 2.45. The number of hydrogen-bond acceptors (Lipinski definition) is 3. The van der Waals surface area contributed by atoms with Crippen molar-refractivity contribution in [1.29, 1.82) is 0 Å². The van der Waals surface area contributed by atoms with E-state index in [1.807, 2.05) is 18.2 Å². The Kier molecular flexibility index (Phi) is 2.55. The predicted octanol–water partition coefficient (Wildman–Crippen LogP) is 2.65. The summed E-state index contributed by atoms with van der Waals surface area (Å²) in [6.45, 7) is 0.